The minimum atomic E-state index is 0.691. The molecule has 0 unspecified atom stereocenters. The van der Waals surface area contributed by atoms with Crippen molar-refractivity contribution in [1.29, 1.82) is 0 Å². The first-order chi connectivity index (χ1) is 9.79. The van der Waals surface area contributed by atoms with Gasteiger partial charge in [0, 0.05) is 32.2 Å². The van der Waals surface area contributed by atoms with Crippen molar-refractivity contribution in [3.8, 4) is 0 Å². The minimum absolute atomic E-state index is 0.691. The molecular formula is C15H20N4O. The predicted molar refractivity (Wildman–Crippen MR) is 78.3 cm³/mol. The molecule has 0 atom stereocenters. The third-order valence-corrected chi connectivity index (χ3v) is 4.32. The van der Waals surface area contributed by atoms with Gasteiger partial charge in [0.15, 0.2) is 5.58 Å². The lowest BCUT2D eigenvalue weighted by molar-refractivity contribution is 0.114. The quantitative estimate of drug-likeness (QED) is 0.862. The predicted octanol–water partition coefficient (Wildman–Crippen LogP) is 1.69. The van der Waals surface area contributed by atoms with E-state index in [9.17, 15) is 0 Å². The number of piperazine rings is 1. The molecule has 1 aromatic carbocycles. The largest absolute Gasteiger partial charge is 0.439 e. The van der Waals surface area contributed by atoms with Crippen LogP contribution in [0.25, 0.3) is 11.1 Å². The second-order valence-electron chi connectivity index (χ2n) is 5.84. The molecule has 0 radical (unpaired) electrons. The monoisotopic (exact) mass is 272 g/mol. The Morgan fingerprint density at radius 3 is 2.70 bits per heavy atom. The van der Waals surface area contributed by atoms with Gasteiger partial charge in [0.1, 0.15) is 5.52 Å². The number of aromatic nitrogens is 1. The van der Waals surface area contributed by atoms with Crippen LogP contribution in [0.5, 0.6) is 0 Å². The number of nitrogens with zero attached hydrogens (tertiary/aromatic N) is 3. The van der Waals surface area contributed by atoms with E-state index in [0.29, 0.717) is 5.69 Å². The van der Waals surface area contributed by atoms with Crippen molar-refractivity contribution >= 4 is 16.8 Å². The number of nitrogens with two attached hydrogens (primary N) is 1. The van der Waals surface area contributed by atoms with Crippen LogP contribution in [-0.2, 0) is 6.54 Å². The highest BCUT2D eigenvalue weighted by molar-refractivity contribution is 5.85. The third-order valence-electron chi connectivity index (χ3n) is 4.32. The molecular weight excluding hydrogens is 252 g/mol. The van der Waals surface area contributed by atoms with Crippen LogP contribution in [0.3, 0.4) is 0 Å². The summed E-state index contributed by atoms with van der Waals surface area (Å²) < 4.78 is 5.79. The van der Waals surface area contributed by atoms with E-state index in [1.807, 2.05) is 18.2 Å². The fourth-order valence-electron chi connectivity index (χ4n) is 3.00. The molecule has 4 rings (SSSR count). The van der Waals surface area contributed by atoms with Crippen LogP contribution in [0, 0.1) is 0 Å². The lowest BCUT2D eigenvalue weighted by Gasteiger charge is -2.34. The second kappa shape index (κ2) is 4.75. The van der Waals surface area contributed by atoms with Crippen molar-refractivity contribution in [1.82, 2.24) is 14.8 Å². The summed E-state index contributed by atoms with van der Waals surface area (Å²) in [5.74, 6) is 0.776. The van der Waals surface area contributed by atoms with Crippen molar-refractivity contribution in [2.75, 3.05) is 31.9 Å². The number of anilines is 1. The maximum Gasteiger partial charge on any atom is 0.209 e. The normalized spacial score (nSPS) is 21.6. The summed E-state index contributed by atoms with van der Waals surface area (Å²) in [6, 6.07) is 6.57. The zero-order chi connectivity index (χ0) is 13.5. The molecule has 0 amide bonds. The van der Waals surface area contributed by atoms with Gasteiger partial charge in [-0.1, -0.05) is 6.07 Å². The molecule has 2 fully saturated rings. The lowest BCUT2D eigenvalue weighted by atomic mass is 10.3. The van der Waals surface area contributed by atoms with Crippen LogP contribution < -0.4 is 5.73 Å². The summed E-state index contributed by atoms with van der Waals surface area (Å²) in [4.78, 5) is 9.55. The van der Waals surface area contributed by atoms with Gasteiger partial charge in [0.2, 0.25) is 5.89 Å². The van der Waals surface area contributed by atoms with Crippen LogP contribution in [0.1, 0.15) is 18.7 Å². The van der Waals surface area contributed by atoms with Crippen molar-refractivity contribution in [2.24, 2.45) is 0 Å². The average molecular weight is 272 g/mol. The number of benzene rings is 1. The van der Waals surface area contributed by atoms with Crippen LogP contribution in [0.15, 0.2) is 22.6 Å². The number of fused-ring (bicyclic) bond motifs is 1. The first kappa shape index (κ1) is 12.2. The molecule has 106 valence electrons. The number of rotatable bonds is 3. The molecule has 2 aliphatic rings. The van der Waals surface area contributed by atoms with Crippen molar-refractivity contribution < 1.29 is 4.42 Å². The third kappa shape index (κ3) is 2.27. The Bertz CT molecular complexity index is 611. The smallest absolute Gasteiger partial charge is 0.209 e. The summed E-state index contributed by atoms with van der Waals surface area (Å²) in [5, 5.41) is 0. The van der Waals surface area contributed by atoms with E-state index in [1.165, 1.54) is 25.9 Å². The van der Waals surface area contributed by atoms with Crippen molar-refractivity contribution in [3.05, 3.63) is 24.1 Å². The van der Waals surface area contributed by atoms with E-state index in [4.69, 9.17) is 10.2 Å². The highest BCUT2D eigenvalue weighted by atomic mass is 16.3. The maximum absolute atomic E-state index is 5.92. The number of oxazole rings is 1. The molecule has 5 nitrogen and oxygen atoms in total. The van der Waals surface area contributed by atoms with E-state index in [-0.39, 0.29) is 0 Å². The number of hydrogen-bond donors (Lipinski definition) is 1. The topological polar surface area (TPSA) is 58.5 Å². The van der Waals surface area contributed by atoms with Crippen LogP contribution in [-0.4, -0.2) is 47.0 Å². The highest BCUT2D eigenvalue weighted by Crippen LogP contribution is 2.28. The molecule has 1 saturated carbocycles. The van der Waals surface area contributed by atoms with E-state index in [2.05, 4.69) is 14.8 Å². The zero-order valence-corrected chi connectivity index (χ0v) is 11.6. The Hall–Kier alpha value is -1.59. The molecule has 0 spiro atoms. The van der Waals surface area contributed by atoms with Gasteiger partial charge in [-0.3, -0.25) is 9.80 Å². The van der Waals surface area contributed by atoms with Gasteiger partial charge in [-0.25, -0.2) is 4.98 Å². The minimum Gasteiger partial charge on any atom is -0.439 e. The van der Waals surface area contributed by atoms with Gasteiger partial charge in [0.05, 0.1) is 12.2 Å². The molecule has 0 bridgehead atoms. The van der Waals surface area contributed by atoms with Gasteiger partial charge >= 0.3 is 0 Å². The molecule has 1 aliphatic carbocycles. The van der Waals surface area contributed by atoms with E-state index in [1.54, 1.807) is 0 Å². The summed E-state index contributed by atoms with van der Waals surface area (Å²) in [5.41, 5.74) is 8.19. The number of nitrogen functional groups attached to an aromatic ring is 1. The molecule has 2 heterocycles. The van der Waals surface area contributed by atoms with Gasteiger partial charge < -0.3 is 10.2 Å². The fourth-order valence-corrected chi connectivity index (χ4v) is 3.00. The number of para-hydroxylation sites is 1. The maximum atomic E-state index is 5.92. The van der Waals surface area contributed by atoms with Crippen LogP contribution >= 0.6 is 0 Å². The van der Waals surface area contributed by atoms with Gasteiger partial charge in [0.25, 0.3) is 0 Å². The van der Waals surface area contributed by atoms with Gasteiger partial charge in [-0.05, 0) is 25.0 Å². The van der Waals surface area contributed by atoms with Gasteiger partial charge in [-0.2, -0.15) is 0 Å². The average Bonchev–Trinajstić information content (AvgIpc) is 3.21. The van der Waals surface area contributed by atoms with Gasteiger partial charge in [-0.15, -0.1) is 0 Å². The Labute approximate surface area is 118 Å². The zero-order valence-electron chi connectivity index (χ0n) is 11.6. The molecule has 1 aliphatic heterocycles. The Morgan fingerprint density at radius 2 is 2.00 bits per heavy atom. The van der Waals surface area contributed by atoms with Crippen LogP contribution in [0.2, 0.25) is 0 Å². The first-order valence-electron chi connectivity index (χ1n) is 7.40. The van der Waals surface area contributed by atoms with Crippen molar-refractivity contribution in [3.63, 3.8) is 0 Å². The summed E-state index contributed by atoms with van der Waals surface area (Å²) in [6.45, 7) is 5.34. The first-order valence-corrected chi connectivity index (χ1v) is 7.40. The molecule has 2 N–H and O–H groups in total. The molecule has 2 aromatic rings. The highest BCUT2D eigenvalue weighted by Gasteiger charge is 2.31. The lowest BCUT2D eigenvalue weighted by Crippen LogP contribution is -2.46. The Balaban J connectivity index is 1.44. The number of hydrogen-bond acceptors (Lipinski definition) is 5. The van der Waals surface area contributed by atoms with E-state index >= 15 is 0 Å². The van der Waals surface area contributed by atoms with Crippen LogP contribution in [0.4, 0.5) is 5.69 Å². The Kier molecular flexibility index (Phi) is 2.89. The van der Waals surface area contributed by atoms with Crippen molar-refractivity contribution in [2.45, 2.75) is 25.4 Å². The van der Waals surface area contributed by atoms with E-state index < -0.39 is 0 Å². The summed E-state index contributed by atoms with van der Waals surface area (Å²) >= 11 is 0. The van der Waals surface area contributed by atoms with E-state index in [0.717, 1.165) is 42.7 Å². The second-order valence-corrected chi connectivity index (χ2v) is 5.84. The Morgan fingerprint density at radius 1 is 1.20 bits per heavy atom. The molecule has 20 heavy (non-hydrogen) atoms. The molecule has 1 saturated heterocycles. The summed E-state index contributed by atoms with van der Waals surface area (Å²) in [7, 11) is 0. The standard InChI is InChI=1S/C15H20N4O/c16-12-2-1-3-13-15(12)17-14(20-13)10-18-6-8-19(9-7-18)11-4-5-11/h1-3,11H,4-10,16H2. The molecule has 1 aromatic heterocycles. The SMILES string of the molecule is Nc1cccc2oc(CN3CCN(C4CC4)CC3)nc12. The fraction of sp³-hybridized carbons (Fsp3) is 0.533. The summed E-state index contributed by atoms with van der Waals surface area (Å²) in [6.07, 6.45) is 2.79. The molecule has 5 heteroatoms.